The second-order valence-corrected chi connectivity index (χ2v) is 10.9. The lowest BCUT2D eigenvalue weighted by Gasteiger charge is -2.59. The van der Waals surface area contributed by atoms with E-state index < -0.39 is 11.0 Å². The number of carbonyl (C=O) groups excluding carboxylic acids is 2. The van der Waals surface area contributed by atoms with Gasteiger partial charge in [0.1, 0.15) is 17.1 Å². The number of ether oxygens (including phenoxy) is 1. The van der Waals surface area contributed by atoms with Crippen molar-refractivity contribution in [1.82, 2.24) is 10.2 Å². The SMILES string of the molecule is CC(=O)O[C@]12CC[C@@H](NC(=O)C=Cc3ccoc3C)C[C@]1(c1cccc(O)c1)CCN(CC1CC1)C2. The number of furan rings is 1. The van der Waals surface area contributed by atoms with Gasteiger partial charge in [-0.15, -0.1) is 0 Å². The van der Waals surface area contributed by atoms with Crippen LogP contribution in [-0.2, 0) is 19.7 Å². The monoisotopic (exact) mass is 492 g/mol. The Balaban J connectivity index is 1.43. The first-order valence-electron chi connectivity index (χ1n) is 13.0. The minimum atomic E-state index is -0.704. The number of esters is 1. The zero-order valence-corrected chi connectivity index (χ0v) is 21.2. The molecule has 7 heteroatoms. The highest BCUT2D eigenvalue weighted by Crippen LogP contribution is 2.54. The van der Waals surface area contributed by atoms with Crippen LogP contribution >= 0.6 is 0 Å². The van der Waals surface area contributed by atoms with Gasteiger partial charge in [-0.25, -0.2) is 0 Å². The van der Waals surface area contributed by atoms with Crippen molar-refractivity contribution in [2.45, 2.75) is 69.4 Å². The summed E-state index contributed by atoms with van der Waals surface area (Å²) in [5.41, 5.74) is 0.642. The summed E-state index contributed by atoms with van der Waals surface area (Å²) in [7, 11) is 0. The van der Waals surface area contributed by atoms with E-state index in [4.69, 9.17) is 9.15 Å². The average Bonchev–Trinajstić information content (AvgIpc) is 3.55. The maximum absolute atomic E-state index is 12.8. The molecule has 5 rings (SSSR count). The number of aryl methyl sites for hydroxylation is 1. The van der Waals surface area contributed by atoms with Crippen molar-refractivity contribution >= 4 is 18.0 Å². The molecule has 2 saturated carbocycles. The summed E-state index contributed by atoms with van der Waals surface area (Å²) in [6.07, 6.45) is 10.3. The first kappa shape index (κ1) is 24.6. The molecule has 0 unspecified atom stereocenters. The van der Waals surface area contributed by atoms with Gasteiger partial charge in [0.05, 0.1) is 6.26 Å². The predicted molar refractivity (Wildman–Crippen MR) is 136 cm³/mol. The van der Waals surface area contributed by atoms with Gasteiger partial charge >= 0.3 is 5.97 Å². The van der Waals surface area contributed by atoms with Crippen LogP contribution in [0.15, 0.2) is 47.1 Å². The number of carbonyl (C=O) groups is 2. The number of hydrogen-bond acceptors (Lipinski definition) is 6. The molecule has 0 bridgehead atoms. The van der Waals surface area contributed by atoms with E-state index in [2.05, 4.69) is 10.2 Å². The minimum absolute atomic E-state index is 0.0754. The minimum Gasteiger partial charge on any atom is -0.508 e. The summed E-state index contributed by atoms with van der Waals surface area (Å²) in [5, 5.41) is 13.6. The third-order valence-corrected chi connectivity index (χ3v) is 8.31. The first-order chi connectivity index (χ1) is 17.3. The number of rotatable bonds is 7. The van der Waals surface area contributed by atoms with Crippen LogP contribution in [0.25, 0.3) is 6.08 Å². The molecule has 3 aliphatic rings. The number of fused-ring (bicyclic) bond motifs is 1. The standard InChI is InChI=1S/C29H36N2O5/c1-20-23(11-15-35-20)8-9-27(34)30-25-10-12-29(36-21(2)32)19-31(18-22-6-7-22)14-13-28(29,17-25)24-4-3-5-26(33)16-24/h3-5,8-9,11,15-16,22,25,33H,6-7,10,12-14,17-19H2,1-2H3,(H,30,34)/t25-,28+,29+/m1/s1. The third kappa shape index (κ3) is 4.94. The molecule has 2 heterocycles. The lowest BCUT2D eigenvalue weighted by Crippen LogP contribution is -2.68. The van der Waals surface area contributed by atoms with E-state index in [9.17, 15) is 14.7 Å². The van der Waals surface area contributed by atoms with Crippen LogP contribution in [0.3, 0.4) is 0 Å². The molecule has 36 heavy (non-hydrogen) atoms. The van der Waals surface area contributed by atoms with Gasteiger partial charge in [-0.05, 0) is 87.7 Å². The van der Waals surface area contributed by atoms with E-state index >= 15 is 0 Å². The number of amides is 1. The largest absolute Gasteiger partial charge is 0.508 e. The number of phenols is 1. The third-order valence-electron chi connectivity index (χ3n) is 8.31. The molecule has 0 radical (unpaired) electrons. The number of benzene rings is 1. The van der Waals surface area contributed by atoms with Gasteiger partial charge in [0.2, 0.25) is 5.91 Å². The van der Waals surface area contributed by atoms with E-state index in [0.717, 1.165) is 48.7 Å². The molecule has 3 fully saturated rings. The van der Waals surface area contributed by atoms with Gasteiger partial charge in [-0.2, -0.15) is 0 Å². The normalized spacial score (nSPS) is 28.6. The fourth-order valence-corrected chi connectivity index (χ4v) is 6.42. The van der Waals surface area contributed by atoms with Crippen molar-refractivity contribution in [2.24, 2.45) is 5.92 Å². The maximum atomic E-state index is 12.8. The van der Waals surface area contributed by atoms with E-state index in [-0.39, 0.29) is 23.7 Å². The molecule has 3 atom stereocenters. The number of likely N-dealkylation sites (tertiary alicyclic amines) is 1. The zero-order valence-electron chi connectivity index (χ0n) is 21.2. The van der Waals surface area contributed by atoms with Gasteiger partial charge in [-0.3, -0.25) is 14.5 Å². The number of piperidine rings is 1. The Morgan fingerprint density at radius 1 is 1.25 bits per heavy atom. The molecule has 2 N–H and O–H groups in total. The molecule has 2 aliphatic carbocycles. The Kier molecular flexibility index (Phi) is 6.68. The number of nitrogens with one attached hydrogen (secondary N) is 1. The Bertz CT molecular complexity index is 1150. The molecule has 0 spiro atoms. The Labute approximate surface area is 212 Å². The Morgan fingerprint density at radius 2 is 2.08 bits per heavy atom. The van der Waals surface area contributed by atoms with Crippen LogP contribution in [0.4, 0.5) is 0 Å². The smallest absolute Gasteiger partial charge is 0.303 e. The molecule has 2 aromatic rings. The number of aromatic hydroxyl groups is 1. The Morgan fingerprint density at radius 3 is 2.78 bits per heavy atom. The number of hydrogen-bond donors (Lipinski definition) is 2. The summed E-state index contributed by atoms with van der Waals surface area (Å²) >= 11 is 0. The van der Waals surface area contributed by atoms with Crippen molar-refractivity contribution in [3.8, 4) is 5.75 Å². The summed E-state index contributed by atoms with van der Waals surface area (Å²) in [4.78, 5) is 27.8. The quantitative estimate of drug-likeness (QED) is 0.442. The van der Waals surface area contributed by atoms with Gasteiger partial charge in [0.25, 0.3) is 0 Å². The number of phenolic OH excluding ortho intramolecular Hbond substituents is 1. The molecule has 1 aromatic heterocycles. The lowest BCUT2D eigenvalue weighted by molar-refractivity contribution is -0.187. The molecule has 1 aliphatic heterocycles. The molecular formula is C29H36N2O5. The molecular weight excluding hydrogens is 456 g/mol. The topological polar surface area (TPSA) is 92.0 Å². The van der Waals surface area contributed by atoms with Crippen LogP contribution in [0.2, 0.25) is 0 Å². The zero-order chi connectivity index (χ0) is 25.3. The highest BCUT2D eigenvalue weighted by Gasteiger charge is 2.61. The second kappa shape index (κ2) is 9.77. The van der Waals surface area contributed by atoms with Crippen molar-refractivity contribution in [2.75, 3.05) is 19.6 Å². The second-order valence-electron chi connectivity index (χ2n) is 10.9. The maximum Gasteiger partial charge on any atom is 0.303 e. The van der Waals surface area contributed by atoms with Crippen LogP contribution in [0, 0.1) is 12.8 Å². The van der Waals surface area contributed by atoms with Crippen molar-refractivity contribution < 1.29 is 23.8 Å². The fraction of sp³-hybridized carbons (Fsp3) is 0.517. The van der Waals surface area contributed by atoms with E-state index in [1.54, 1.807) is 30.5 Å². The molecule has 1 saturated heterocycles. The van der Waals surface area contributed by atoms with Crippen molar-refractivity contribution in [3.05, 3.63) is 59.6 Å². The van der Waals surface area contributed by atoms with Gasteiger partial charge < -0.3 is 19.6 Å². The molecule has 192 valence electrons. The summed E-state index contributed by atoms with van der Waals surface area (Å²) < 4.78 is 11.6. The van der Waals surface area contributed by atoms with Crippen molar-refractivity contribution in [1.29, 1.82) is 0 Å². The lowest BCUT2D eigenvalue weighted by atomic mass is 9.55. The first-order valence-corrected chi connectivity index (χ1v) is 13.0. The highest BCUT2D eigenvalue weighted by molar-refractivity contribution is 5.92. The van der Waals surface area contributed by atoms with Gasteiger partial charge in [0.15, 0.2) is 0 Å². The summed E-state index contributed by atoms with van der Waals surface area (Å²) in [5.74, 6) is 1.27. The van der Waals surface area contributed by atoms with Crippen LogP contribution in [0.1, 0.15) is 62.3 Å². The fourth-order valence-electron chi connectivity index (χ4n) is 6.42. The van der Waals surface area contributed by atoms with E-state index in [1.807, 2.05) is 25.1 Å². The summed E-state index contributed by atoms with van der Waals surface area (Å²) in [6.45, 7) is 5.96. The molecule has 7 nitrogen and oxygen atoms in total. The van der Waals surface area contributed by atoms with Gasteiger partial charge in [-0.1, -0.05) is 12.1 Å². The van der Waals surface area contributed by atoms with Crippen molar-refractivity contribution in [3.63, 3.8) is 0 Å². The van der Waals surface area contributed by atoms with Gasteiger partial charge in [0, 0.05) is 43.1 Å². The van der Waals surface area contributed by atoms with E-state index in [0.29, 0.717) is 19.4 Å². The summed E-state index contributed by atoms with van der Waals surface area (Å²) in [6, 6.07) is 9.11. The Hall–Kier alpha value is -3.06. The van der Waals surface area contributed by atoms with E-state index in [1.165, 1.54) is 19.8 Å². The molecule has 1 aromatic carbocycles. The number of nitrogens with zero attached hydrogens (tertiary/aromatic N) is 1. The highest BCUT2D eigenvalue weighted by atomic mass is 16.6. The average molecular weight is 493 g/mol. The molecule has 1 amide bonds. The predicted octanol–water partition coefficient (Wildman–Crippen LogP) is 4.33. The van der Waals surface area contributed by atoms with Crippen LogP contribution in [0.5, 0.6) is 5.75 Å². The van der Waals surface area contributed by atoms with Crippen LogP contribution in [-0.4, -0.2) is 53.2 Å². The van der Waals surface area contributed by atoms with Crippen LogP contribution < -0.4 is 5.32 Å².